The van der Waals surface area contributed by atoms with E-state index in [0.29, 0.717) is 4.83 Å². The average molecular weight is 323 g/mol. The van der Waals surface area contributed by atoms with E-state index in [-0.39, 0.29) is 0 Å². The minimum atomic E-state index is 0.715. The molecule has 0 saturated heterocycles. The lowest BCUT2D eigenvalue weighted by atomic mass is 9.79. The van der Waals surface area contributed by atoms with Crippen LogP contribution in [0.1, 0.15) is 31.7 Å². The van der Waals surface area contributed by atoms with Crippen molar-refractivity contribution in [2.75, 3.05) is 0 Å². The van der Waals surface area contributed by atoms with Crippen molar-refractivity contribution in [3.05, 3.63) is 35.2 Å². The van der Waals surface area contributed by atoms with Gasteiger partial charge in [-0.25, -0.2) is 0 Å². The molecule has 2 aromatic rings. The predicted molar refractivity (Wildman–Crippen MR) is 84.7 cm³/mol. The molecule has 0 N–H and O–H groups in total. The Balaban J connectivity index is 1.83. The van der Waals surface area contributed by atoms with Gasteiger partial charge in [-0.2, -0.15) is 0 Å². The first-order valence-corrected chi connectivity index (χ1v) is 8.62. The van der Waals surface area contributed by atoms with Gasteiger partial charge in [-0.05, 0) is 59.9 Å². The summed E-state index contributed by atoms with van der Waals surface area (Å²) in [6.45, 7) is 2.40. The fourth-order valence-electron chi connectivity index (χ4n) is 3.15. The first-order chi connectivity index (χ1) is 8.74. The molecule has 0 nitrogen and oxygen atoms in total. The van der Waals surface area contributed by atoms with Crippen LogP contribution in [0.5, 0.6) is 0 Å². The molecule has 1 saturated carbocycles. The van der Waals surface area contributed by atoms with E-state index in [2.05, 4.69) is 52.5 Å². The van der Waals surface area contributed by atoms with Crippen LogP contribution in [0.3, 0.4) is 0 Å². The largest absolute Gasteiger partial charge is 0.144 e. The summed E-state index contributed by atoms with van der Waals surface area (Å²) in [5, 5.41) is 3.84. The van der Waals surface area contributed by atoms with Gasteiger partial charge in [0.05, 0.1) is 0 Å². The van der Waals surface area contributed by atoms with E-state index in [1.165, 1.54) is 35.8 Å². The molecular formula is C16H19BrS. The maximum atomic E-state index is 3.90. The number of halogens is 1. The third kappa shape index (κ3) is 2.50. The Kier molecular flexibility index (Phi) is 3.76. The van der Waals surface area contributed by atoms with Crippen LogP contribution in [0.2, 0.25) is 0 Å². The summed E-state index contributed by atoms with van der Waals surface area (Å²) < 4.78 is 1.43. The van der Waals surface area contributed by atoms with Crippen LogP contribution in [-0.2, 0) is 6.42 Å². The monoisotopic (exact) mass is 322 g/mol. The van der Waals surface area contributed by atoms with Crippen LogP contribution in [-0.4, -0.2) is 4.83 Å². The summed E-state index contributed by atoms with van der Waals surface area (Å²) in [5.41, 5.74) is 1.55. The standard InChI is InChI=1S/C16H19BrS/c1-11-6-7-15(17)12(8-11)9-13-10-18-16-5-3-2-4-14(13)16/h2-5,10-12,15H,6-9H2,1H3. The van der Waals surface area contributed by atoms with Gasteiger partial charge in [-0.1, -0.05) is 41.1 Å². The van der Waals surface area contributed by atoms with Gasteiger partial charge < -0.3 is 0 Å². The molecule has 1 fully saturated rings. The van der Waals surface area contributed by atoms with Crippen LogP contribution >= 0.6 is 27.3 Å². The Morgan fingerprint density at radius 1 is 1.28 bits per heavy atom. The number of benzene rings is 1. The van der Waals surface area contributed by atoms with Gasteiger partial charge >= 0.3 is 0 Å². The van der Waals surface area contributed by atoms with E-state index in [0.717, 1.165) is 11.8 Å². The third-order valence-electron chi connectivity index (χ3n) is 4.20. The summed E-state index contributed by atoms with van der Waals surface area (Å²) in [4.78, 5) is 0.715. The number of fused-ring (bicyclic) bond motifs is 1. The second-order valence-corrected chi connectivity index (χ2v) is 7.74. The first-order valence-electron chi connectivity index (χ1n) is 6.83. The molecular weight excluding hydrogens is 304 g/mol. The zero-order valence-electron chi connectivity index (χ0n) is 10.7. The van der Waals surface area contributed by atoms with E-state index < -0.39 is 0 Å². The van der Waals surface area contributed by atoms with Crippen molar-refractivity contribution in [3.63, 3.8) is 0 Å². The molecule has 1 aromatic carbocycles. The number of hydrogen-bond acceptors (Lipinski definition) is 1. The van der Waals surface area contributed by atoms with E-state index in [1.54, 1.807) is 5.56 Å². The van der Waals surface area contributed by atoms with Gasteiger partial charge in [0.1, 0.15) is 0 Å². The topological polar surface area (TPSA) is 0 Å². The summed E-state index contributed by atoms with van der Waals surface area (Å²) in [6, 6.07) is 8.81. The summed E-state index contributed by atoms with van der Waals surface area (Å²) >= 11 is 5.78. The molecule has 3 unspecified atom stereocenters. The van der Waals surface area contributed by atoms with Crippen molar-refractivity contribution in [2.24, 2.45) is 11.8 Å². The molecule has 0 spiro atoms. The van der Waals surface area contributed by atoms with E-state index in [9.17, 15) is 0 Å². The molecule has 1 aliphatic carbocycles. The maximum absolute atomic E-state index is 3.90. The van der Waals surface area contributed by atoms with Gasteiger partial charge in [0, 0.05) is 9.53 Å². The maximum Gasteiger partial charge on any atom is 0.0345 e. The van der Waals surface area contributed by atoms with Crippen molar-refractivity contribution in [2.45, 2.75) is 37.4 Å². The Morgan fingerprint density at radius 2 is 2.11 bits per heavy atom. The summed E-state index contributed by atoms with van der Waals surface area (Å²) in [5.74, 6) is 1.71. The molecule has 96 valence electrons. The van der Waals surface area contributed by atoms with Crippen LogP contribution in [0, 0.1) is 11.8 Å². The summed E-state index contributed by atoms with van der Waals surface area (Å²) in [7, 11) is 0. The van der Waals surface area contributed by atoms with Gasteiger partial charge in [0.2, 0.25) is 0 Å². The third-order valence-corrected chi connectivity index (χ3v) is 6.41. The fourth-order valence-corrected chi connectivity index (χ4v) is 4.79. The predicted octanol–water partition coefficient (Wildman–Crippen LogP) is 5.64. The van der Waals surface area contributed by atoms with Crippen molar-refractivity contribution < 1.29 is 0 Å². The Bertz CT molecular complexity index is 531. The molecule has 1 heterocycles. The first kappa shape index (κ1) is 12.7. The lowest BCUT2D eigenvalue weighted by Gasteiger charge is -2.31. The summed E-state index contributed by atoms with van der Waals surface area (Å²) in [6.07, 6.45) is 5.34. The van der Waals surface area contributed by atoms with Crippen molar-refractivity contribution in [3.8, 4) is 0 Å². The van der Waals surface area contributed by atoms with Crippen molar-refractivity contribution in [1.29, 1.82) is 0 Å². The van der Waals surface area contributed by atoms with Crippen LogP contribution in [0.25, 0.3) is 10.1 Å². The fraction of sp³-hybridized carbons (Fsp3) is 0.500. The zero-order valence-corrected chi connectivity index (χ0v) is 13.1. The number of alkyl halides is 1. The van der Waals surface area contributed by atoms with Gasteiger partial charge in [0.15, 0.2) is 0 Å². The molecule has 0 radical (unpaired) electrons. The SMILES string of the molecule is CC1CCC(Br)C(Cc2csc3ccccc23)C1. The zero-order chi connectivity index (χ0) is 12.5. The normalized spacial score (nSPS) is 28.7. The number of rotatable bonds is 2. The van der Waals surface area contributed by atoms with Gasteiger partial charge in [-0.3, -0.25) is 0 Å². The van der Waals surface area contributed by atoms with Crippen molar-refractivity contribution >= 4 is 37.4 Å². The Hall–Kier alpha value is -0.340. The Labute approximate surface area is 122 Å². The molecule has 2 heteroatoms. The molecule has 0 aliphatic heterocycles. The van der Waals surface area contributed by atoms with Crippen molar-refractivity contribution in [1.82, 2.24) is 0 Å². The second kappa shape index (κ2) is 5.34. The molecule has 3 rings (SSSR count). The van der Waals surface area contributed by atoms with Crippen LogP contribution in [0.15, 0.2) is 29.6 Å². The lowest BCUT2D eigenvalue weighted by Crippen LogP contribution is -2.25. The van der Waals surface area contributed by atoms with Gasteiger partial charge in [-0.15, -0.1) is 11.3 Å². The molecule has 0 bridgehead atoms. The number of hydrogen-bond donors (Lipinski definition) is 0. The minimum absolute atomic E-state index is 0.715. The second-order valence-electron chi connectivity index (χ2n) is 5.66. The quantitative estimate of drug-likeness (QED) is 0.627. The highest BCUT2D eigenvalue weighted by molar-refractivity contribution is 9.09. The smallest absolute Gasteiger partial charge is 0.0345 e. The minimum Gasteiger partial charge on any atom is -0.144 e. The highest BCUT2D eigenvalue weighted by Gasteiger charge is 2.27. The molecule has 1 aromatic heterocycles. The highest BCUT2D eigenvalue weighted by Crippen LogP contribution is 2.37. The Morgan fingerprint density at radius 3 is 3.00 bits per heavy atom. The molecule has 18 heavy (non-hydrogen) atoms. The van der Waals surface area contributed by atoms with Gasteiger partial charge in [0.25, 0.3) is 0 Å². The highest BCUT2D eigenvalue weighted by atomic mass is 79.9. The number of thiophene rings is 1. The molecule has 0 amide bonds. The average Bonchev–Trinajstić information content (AvgIpc) is 2.78. The molecule has 1 aliphatic rings. The lowest BCUT2D eigenvalue weighted by molar-refractivity contribution is 0.295. The van der Waals surface area contributed by atoms with E-state index in [4.69, 9.17) is 0 Å². The molecule has 3 atom stereocenters. The van der Waals surface area contributed by atoms with Crippen LogP contribution < -0.4 is 0 Å². The van der Waals surface area contributed by atoms with E-state index >= 15 is 0 Å². The van der Waals surface area contributed by atoms with E-state index in [1.807, 2.05) is 11.3 Å². The van der Waals surface area contributed by atoms with Crippen LogP contribution in [0.4, 0.5) is 0 Å².